The lowest BCUT2D eigenvalue weighted by molar-refractivity contribution is -0.255. The molecule has 0 amide bonds. The molecule has 0 saturated carbocycles. The van der Waals surface area contributed by atoms with E-state index < -0.39 is 5.97 Å². The predicted molar refractivity (Wildman–Crippen MR) is 106 cm³/mol. The Morgan fingerprint density at radius 1 is 1.11 bits per heavy atom. The monoisotopic (exact) mass is 399 g/mol. The van der Waals surface area contributed by atoms with Gasteiger partial charge in [0.15, 0.2) is 16.3 Å². The summed E-state index contributed by atoms with van der Waals surface area (Å²) in [7, 11) is 0. The Labute approximate surface area is 166 Å². The molecule has 0 fully saturated rings. The van der Waals surface area contributed by atoms with Gasteiger partial charge < -0.3 is 24.4 Å². The molecule has 8 heteroatoms. The van der Waals surface area contributed by atoms with Crippen LogP contribution in [-0.4, -0.2) is 28.7 Å². The number of aromatic nitrogens is 2. The van der Waals surface area contributed by atoms with Gasteiger partial charge in [0.2, 0.25) is 0 Å². The van der Waals surface area contributed by atoms with Crippen molar-refractivity contribution in [3.8, 4) is 11.5 Å². The summed E-state index contributed by atoms with van der Waals surface area (Å²) in [5, 5.41) is 11.3. The third-order valence-electron chi connectivity index (χ3n) is 4.18. The topological polar surface area (TPSA) is 96.4 Å². The minimum absolute atomic E-state index is 0.0737. The van der Waals surface area contributed by atoms with Crippen LogP contribution >= 0.6 is 12.2 Å². The summed E-state index contributed by atoms with van der Waals surface area (Å²) in [4.78, 5) is 27.0. The Kier molecular flexibility index (Phi) is 5.79. The fraction of sp³-hybridized carbons (Fsp3) is 0.250. The summed E-state index contributed by atoms with van der Waals surface area (Å²) in [5.74, 6) is -0.220. The average Bonchev–Trinajstić information content (AvgIpc) is 2.67. The first-order valence-corrected chi connectivity index (χ1v) is 9.22. The Balaban J connectivity index is 2.08. The number of hydrogen-bond donors (Lipinski definition) is 1. The second-order valence-electron chi connectivity index (χ2n) is 6.02. The minimum Gasteiger partial charge on any atom is -0.545 e. The second-order valence-corrected chi connectivity index (χ2v) is 6.40. The SMILES string of the molecule is CCOc1cc2[nH]c(=S)n(Cc3ccc(C(=O)[O-])cc3)c(=O)c2cc1OCC. The summed E-state index contributed by atoms with van der Waals surface area (Å²) in [6, 6.07) is 9.48. The number of nitrogens with one attached hydrogen (secondary N) is 1. The van der Waals surface area contributed by atoms with Crippen molar-refractivity contribution in [2.75, 3.05) is 13.2 Å². The van der Waals surface area contributed by atoms with Crippen LogP contribution in [0.4, 0.5) is 0 Å². The normalized spacial score (nSPS) is 10.8. The molecule has 0 bridgehead atoms. The van der Waals surface area contributed by atoms with Gasteiger partial charge in [-0.2, -0.15) is 0 Å². The van der Waals surface area contributed by atoms with E-state index in [0.29, 0.717) is 35.6 Å². The van der Waals surface area contributed by atoms with E-state index >= 15 is 0 Å². The van der Waals surface area contributed by atoms with Crippen LogP contribution in [0.25, 0.3) is 10.9 Å². The largest absolute Gasteiger partial charge is 0.545 e. The molecule has 0 unspecified atom stereocenters. The molecule has 1 N–H and O–H groups in total. The number of carboxylic acids is 1. The molecular formula is C20H19N2O5S-. The summed E-state index contributed by atoms with van der Waals surface area (Å²) in [5.41, 5.74) is 1.10. The van der Waals surface area contributed by atoms with Gasteiger partial charge in [0, 0.05) is 6.07 Å². The number of aromatic amines is 1. The van der Waals surface area contributed by atoms with Crippen molar-refractivity contribution in [1.29, 1.82) is 0 Å². The lowest BCUT2D eigenvalue weighted by Crippen LogP contribution is -2.23. The number of carboxylic acid groups (broad SMARTS) is 1. The lowest BCUT2D eigenvalue weighted by Gasteiger charge is -2.14. The average molecular weight is 399 g/mol. The van der Waals surface area contributed by atoms with Crippen LogP contribution in [-0.2, 0) is 6.54 Å². The van der Waals surface area contributed by atoms with Crippen LogP contribution in [0.3, 0.4) is 0 Å². The maximum Gasteiger partial charge on any atom is 0.262 e. The van der Waals surface area contributed by atoms with E-state index in [0.717, 1.165) is 5.56 Å². The smallest absolute Gasteiger partial charge is 0.262 e. The predicted octanol–water partition coefficient (Wildman–Crippen LogP) is 2.27. The van der Waals surface area contributed by atoms with Crippen molar-refractivity contribution < 1.29 is 19.4 Å². The molecule has 0 aliphatic rings. The number of aromatic carboxylic acids is 1. The number of rotatable bonds is 7. The molecule has 3 rings (SSSR count). The Bertz CT molecular complexity index is 1130. The van der Waals surface area contributed by atoms with E-state index in [1.807, 2.05) is 13.8 Å². The van der Waals surface area contributed by atoms with Gasteiger partial charge in [0.25, 0.3) is 5.56 Å². The standard InChI is InChI=1S/C20H20N2O5S/c1-3-26-16-9-14-15(10-17(16)27-4-2)21-20(28)22(18(14)23)11-12-5-7-13(8-6-12)19(24)25/h5-10H,3-4,11H2,1-2H3,(H,21,28)(H,24,25)/p-1. The summed E-state index contributed by atoms with van der Waals surface area (Å²) < 4.78 is 12.9. The van der Waals surface area contributed by atoms with Gasteiger partial charge in [-0.05, 0) is 43.3 Å². The number of benzene rings is 2. The van der Waals surface area contributed by atoms with E-state index in [-0.39, 0.29) is 22.4 Å². The molecule has 7 nitrogen and oxygen atoms in total. The Morgan fingerprint density at radius 2 is 1.71 bits per heavy atom. The van der Waals surface area contributed by atoms with Crippen LogP contribution < -0.4 is 20.1 Å². The van der Waals surface area contributed by atoms with Crippen molar-refractivity contribution in [3.63, 3.8) is 0 Å². The molecule has 0 radical (unpaired) electrons. The van der Waals surface area contributed by atoms with Crippen LogP contribution in [0.2, 0.25) is 0 Å². The van der Waals surface area contributed by atoms with Crippen LogP contribution in [0.5, 0.6) is 11.5 Å². The minimum atomic E-state index is -1.25. The fourth-order valence-corrected chi connectivity index (χ4v) is 3.13. The fourth-order valence-electron chi connectivity index (χ4n) is 2.87. The maximum atomic E-state index is 13.0. The number of nitrogens with zero attached hydrogens (tertiary/aromatic N) is 1. The zero-order chi connectivity index (χ0) is 20.3. The van der Waals surface area contributed by atoms with Crippen LogP contribution in [0.15, 0.2) is 41.2 Å². The molecule has 0 spiro atoms. The maximum absolute atomic E-state index is 13.0. The molecule has 28 heavy (non-hydrogen) atoms. The first-order chi connectivity index (χ1) is 13.4. The van der Waals surface area contributed by atoms with Gasteiger partial charge in [0.1, 0.15) is 0 Å². The lowest BCUT2D eigenvalue weighted by atomic mass is 10.1. The van der Waals surface area contributed by atoms with Gasteiger partial charge in [-0.3, -0.25) is 9.36 Å². The van der Waals surface area contributed by atoms with Gasteiger partial charge in [0.05, 0.1) is 36.6 Å². The van der Waals surface area contributed by atoms with Crippen molar-refractivity contribution in [1.82, 2.24) is 9.55 Å². The van der Waals surface area contributed by atoms with Crippen molar-refractivity contribution in [2.45, 2.75) is 20.4 Å². The molecule has 146 valence electrons. The molecule has 2 aromatic carbocycles. The molecule has 0 saturated heterocycles. The highest BCUT2D eigenvalue weighted by Crippen LogP contribution is 2.30. The highest BCUT2D eigenvalue weighted by atomic mass is 32.1. The van der Waals surface area contributed by atoms with E-state index in [1.54, 1.807) is 24.3 Å². The van der Waals surface area contributed by atoms with E-state index in [9.17, 15) is 14.7 Å². The molecule has 1 heterocycles. The van der Waals surface area contributed by atoms with Gasteiger partial charge >= 0.3 is 0 Å². The van der Waals surface area contributed by atoms with E-state index in [4.69, 9.17) is 21.7 Å². The zero-order valence-electron chi connectivity index (χ0n) is 15.5. The molecule has 3 aromatic rings. The zero-order valence-corrected chi connectivity index (χ0v) is 16.3. The third kappa shape index (κ3) is 3.91. The molecule has 0 aliphatic heterocycles. The Morgan fingerprint density at radius 3 is 2.29 bits per heavy atom. The molecule has 1 aromatic heterocycles. The highest BCUT2D eigenvalue weighted by molar-refractivity contribution is 7.71. The molecule has 0 atom stereocenters. The highest BCUT2D eigenvalue weighted by Gasteiger charge is 2.13. The van der Waals surface area contributed by atoms with Crippen molar-refractivity contribution in [3.05, 3.63) is 62.6 Å². The van der Waals surface area contributed by atoms with Crippen molar-refractivity contribution in [2.24, 2.45) is 0 Å². The summed E-state index contributed by atoms with van der Waals surface area (Å²) in [6.07, 6.45) is 0. The van der Waals surface area contributed by atoms with Crippen LogP contribution in [0.1, 0.15) is 29.8 Å². The van der Waals surface area contributed by atoms with Gasteiger partial charge in [-0.15, -0.1) is 0 Å². The van der Waals surface area contributed by atoms with Crippen LogP contribution in [0, 0.1) is 4.77 Å². The Hall–Kier alpha value is -3.13. The first-order valence-electron chi connectivity index (χ1n) is 8.81. The van der Waals surface area contributed by atoms with E-state index in [2.05, 4.69) is 4.98 Å². The molecule has 0 aliphatic carbocycles. The molecular weight excluding hydrogens is 380 g/mol. The number of carbonyl (C=O) groups excluding carboxylic acids is 1. The number of hydrogen-bond acceptors (Lipinski definition) is 6. The number of carbonyl (C=O) groups is 1. The third-order valence-corrected chi connectivity index (χ3v) is 4.50. The van der Waals surface area contributed by atoms with Crippen molar-refractivity contribution >= 4 is 29.1 Å². The number of H-pyrrole nitrogens is 1. The first kappa shape index (κ1) is 19.6. The second kappa shape index (κ2) is 8.26. The number of fused-ring (bicyclic) bond motifs is 1. The quantitative estimate of drug-likeness (QED) is 0.612. The van der Waals surface area contributed by atoms with E-state index in [1.165, 1.54) is 16.7 Å². The van der Waals surface area contributed by atoms with Gasteiger partial charge in [-0.1, -0.05) is 24.3 Å². The summed E-state index contributed by atoms with van der Waals surface area (Å²) in [6.45, 7) is 4.83. The number of ether oxygens (including phenoxy) is 2. The summed E-state index contributed by atoms with van der Waals surface area (Å²) >= 11 is 5.36. The van der Waals surface area contributed by atoms with Gasteiger partial charge in [-0.25, -0.2) is 0 Å².